The second-order valence-electron chi connectivity index (χ2n) is 5.55. The number of likely N-dealkylation sites (N-methyl/N-ethyl adjacent to an activating group) is 1. The minimum Gasteiger partial charge on any atom is -0.465 e. The lowest BCUT2D eigenvalue weighted by molar-refractivity contribution is -0.191. The molecule has 1 aliphatic rings. The van der Waals surface area contributed by atoms with E-state index in [1.807, 2.05) is 0 Å². The lowest BCUT2D eigenvalue weighted by atomic mass is 9.74. The molecule has 3 unspecified atom stereocenters. The highest BCUT2D eigenvalue weighted by Crippen LogP contribution is 2.38. The van der Waals surface area contributed by atoms with Crippen LogP contribution in [0.3, 0.4) is 0 Å². The maximum absolute atomic E-state index is 12.1. The zero-order valence-electron chi connectivity index (χ0n) is 12.7. The molecule has 22 heavy (non-hydrogen) atoms. The zero-order chi connectivity index (χ0) is 16.3. The van der Waals surface area contributed by atoms with Crippen molar-refractivity contribution in [1.82, 2.24) is 4.90 Å². The van der Waals surface area contributed by atoms with Gasteiger partial charge in [-0.25, -0.2) is 0 Å². The maximum atomic E-state index is 12.1. The number of rotatable bonds is 4. The number of likely N-dealkylation sites (tertiary alicyclic amines) is 1. The van der Waals surface area contributed by atoms with Crippen LogP contribution in [-0.4, -0.2) is 53.3 Å². The van der Waals surface area contributed by atoms with E-state index < -0.39 is 23.5 Å². The third kappa shape index (κ3) is 2.84. The van der Waals surface area contributed by atoms with E-state index in [4.69, 9.17) is 4.74 Å². The molecule has 0 bridgehead atoms. The van der Waals surface area contributed by atoms with Crippen LogP contribution in [0.2, 0.25) is 0 Å². The normalized spacial score (nSPS) is 28.5. The van der Waals surface area contributed by atoms with Gasteiger partial charge in [-0.15, -0.1) is 0 Å². The molecule has 6 heteroatoms. The fourth-order valence-electron chi connectivity index (χ4n) is 2.75. The topological polar surface area (TPSA) is 87.1 Å². The Labute approximate surface area is 129 Å². The minimum atomic E-state index is -1.78. The zero-order valence-corrected chi connectivity index (χ0v) is 12.7. The molecule has 1 saturated heterocycles. The average Bonchev–Trinajstić information content (AvgIpc) is 2.55. The molecule has 2 rings (SSSR count). The van der Waals surface area contributed by atoms with Crippen LogP contribution in [0.1, 0.15) is 18.9 Å². The van der Waals surface area contributed by atoms with Crippen LogP contribution < -0.4 is 0 Å². The van der Waals surface area contributed by atoms with Crippen LogP contribution in [0.4, 0.5) is 0 Å². The van der Waals surface area contributed by atoms with Gasteiger partial charge in [0.1, 0.15) is 5.60 Å². The van der Waals surface area contributed by atoms with Gasteiger partial charge < -0.3 is 19.8 Å². The quantitative estimate of drug-likeness (QED) is 0.780. The molecule has 1 fully saturated rings. The number of amides is 1. The van der Waals surface area contributed by atoms with E-state index in [0.717, 1.165) is 0 Å². The lowest BCUT2D eigenvalue weighted by Gasteiger charge is -2.46. The first-order chi connectivity index (χ1) is 10.4. The van der Waals surface area contributed by atoms with Crippen LogP contribution in [0.25, 0.3) is 0 Å². The third-order valence-electron chi connectivity index (χ3n) is 4.11. The Morgan fingerprint density at radius 3 is 2.64 bits per heavy atom. The molecule has 0 aliphatic carbocycles. The fourth-order valence-corrected chi connectivity index (χ4v) is 2.75. The largest absolute Gasteiger partial charge is 0.465 e. The second kappa shape index (κ2) is 6.46. The number of esters is 1. The molecular formula is C16H21NO5. The fraction of sp³-hybridized carbons (Fsp3) is 0.500. The molecular weight excluding hydrogens is 286 g/mol. The molecule has 0 aromatic heterocycles. The molecule has 0 radical (unpaired) electrons. The van der Waals surface area contributed by atoms with Crippen molar-refractivity contribution in [3.8, 4) is 0 Å². The Kier molecular flexibility index (Phi) is 4.83. The molecule has 1 aliphatic heterocycles. The lowest BCUT2D eigenvalue weighted by Crippen LogP contribution is -2.62. The van der Waals surface area contributed by atoms with Gasteiger partial charge >= 0.3 is 5.97 Å². The van der Waals surface area contributed by atoms with Crippen molar-refractivity contribution in [2.75, 3.05) is 20.2 Å². The molecule has 1 amide bonds. The number of piperidine rings is 1. The Morgan fingerprint density at radius 1 is 1.41 bits per heavy atom. The van der Waals surface area contributed by atoms with Gasteiger partial charge in [0.15, 0.2) is 6.10 Å². The van der Waals surface area contributed by atoms with Gasteiger partial charge in [-0.3, -0.25) is 9.59 Å². The Bertz CT molecular complexity index is 547. The number of nitrogens with zero attached hydrogens (tertiary/aromatic N) is 1. The Balaban J connectivity index is 2.34. The first-order valence-corrected chi connectivity index (χ1v) is 7.27. The number of ether oxygens (including phenoxy) is 1. The van der Waals surface area contributed by atoms with Gasteiger partial charge in [-0.1, -0.05) is 37.3 Å². The first-order valence-electron chi connectivity index (χ1n) is 7.27. The van der Waals surface area contributed by atoms with Crippen molar-refractivity contribution < 1.29 is 24.5 Å². The number of hydrogen-bond acceptors (Lipinski definition) is 5. The van der Waals surface area contributed by atoms with Crippen LogP contribution in [0.15, 0.2) is 30.3 Å². The molecule has 120 valence electrons. The van der Waals surface area contributed by atoms with Crippen LogP contribution in [-0.2, 0) is 19.9 Å². The van der Waals surface area contributed by atoms with Crippen molar-refractivity contribution in [3.63, 3.8) is 0 Å². The van der Waals surface area contributed by atoms with Gasteiger partial charge in [0.05, 0.1) is 6.61 Å². The van der Waals surface area contributed by atoms with Gasteiger partial charge in [0.25, 0.3) is 5.91 Å². The number of carbonyl (C=O) groups excluding carboxylic acids is 2. The molecule has 1 aromatic carbocycles. The molecule has 0 saturated carbocycles. The molecule has 1 aromatic rings. The highest BCUT2D eigenvalue weighted by molar-refractivity contribution is 5.83. The van der Waals surface area contributed by atoms with Gasteiger partial charge in [-0.2, -0.15) is 0 Å². The summed E-state index contributed by atoms with van der Waals surface area (Å²) < 4.78 is 5.13. The summed E-state index contributed by atoms with van der Waals surface area (Å²) in [6.07, 6.45) is -1.37. The van der Waals surface area contributed by atoms with E-state index in [0.29, 0.717) is 5.56 Å². The average molecular weight is 307 g/mol. The molecule has 1 heterocycles. The first kappa shape index (κ1) is 16.5. The van der Waals surface area contributed by atoms with E-state index in [-0.39, 0.29) is 25.5 Å². The van der Waals surface area contributed by atoms with Crippen molar-refractivity contribution in [2.24, 2.45) is 5.92 Å². The van der Waals surface area contributed by atoms with Crippen LogP contribution >= 0.6 is 0 Å². The summed E-state index contributed by atoms with van der Waals surface area (Å²) in [5.74, 6) is -1.54. The smallest absolute Gasteiger partial charge is 0.305 e. The Hall–Kier alpha value is -1.92. The summed E-state index contributed by atoms with van der Waals surface area (Å²) in [6, 6.07) is 8.52. The molecule has 2 N–H and O–H groups in total. The standard InChI is InChI=1S/C16H21NO5/c1-3-13(18)22-10-12-9-17(2)15(20)14(19)16(12,21)11-7-5-4-6-8-11/h4-8,12,14,19,21H,3,9-10H2,1-2H3. The Morgan fingerprint density at radius 2 is 2.05 bits per heavy atom. The van der Waals surface area contributed by atoms with E-state index >= 15 is 0 Å². The summed E-state index contributed by atoms with van der Waals surface area (Å²) in [5, 5.41) is 21.4. The van der Waals surface area contributed by atoms with Crippen molar-refractivity contribution in [2.45, 2.75) is 25.0 Å². The molecule has 3 atom stereocenters. The molecule has 6 nitrogen and oxygen atoms in total. The molecule has 0 spiro atoms. The van der Waals surface area contributed by atoms with Gasteiger partial charge in [0.2, 0.25) is 0 Å². The predicted octanol–water partition coefficient (Wildman–Crippen LogP) is 0.277. The maximum Gasteiger partial charge on any atom is 0.305 e. The summed E-state index contributed by atoms with van der Waals surface area (Å²) in [7, 11) is 1.55. The van der Waals surface area contributed by atoms with Crippen LogP contribution in [0, 0.1) is 5.92 Å². The third-order valence-corrected chi connectivity index (χ3v) is 4.11. The van der Waals surface area contributed by atoms with Crippen molar-refractivity contribution in [1.29, 1.82) is 0 Å². The van der Waals surface area contributed by atoms with Crippen molar-refractivity contribution in [3.05, 3.63) is 35.9 Å². The summed E-state index contributed by atoms with van der Waals surface area (Å²) in [5.41, 5.74) is -1.35. The SMILES string of the molecule is CCC(=O)OCC1CN(C)C(=O)C(O)C1(O)c1ccccc1. The van der Waals surface area contributed by atoms with Crippen LogP contribution in [0.5, 0.6) is 0 Å². The van der Waals surface area contributed by atoms with E-state index in [9.17, 15) is 19.8 Å². The van der Waals surface area contributed by atoms with Gasteiger partial charge in [-0.05, 0) is 5.56 Å². The minimum absolute atomic E-state index is 0.0628. The van der Waals surface area contributed by atoms with E-state index in [1.165, 1.54) is 4.90 Å². The number of carbonyl (C=O) groups is 2. The summed E-state index contributed by atoms with van der Waals surface area (Å²) in [4.78, 5) is 24.8. The second-order valence-corrected chi connectivity index (χ2v) is 5.55. The predicted molar refractivity (Wildman–Crippen MR) is 78.7 cm³/mol. The number of aliphatic hydroxyl groups excluding tert-OH is 1. The van der Waals surface area contributed by atoms with Crippen molar-refractivity contribution >= 4 is 11.9 Å². The highest BCUT2D eigenvalue weighted by atomic mass is 16.5. The van der Waals surface area contributed by atoms with E-state index in [2.05, 4.69) is 0 Å². The number of hydrogen-bond donors (Lipinski definition) is 2. The monoisotopic (exact) mass is 307 g/mol. The number of benzene rings is 1. The summed E-state index contributed by atoms with van der Waals surface area (Å²) >= 11 is 0. The highest BCUT2D eigenvalue weighted by Gasteiger charge is 2.53. The van der Waals surface area contributed by atoms with Gasteiger partial charge in [0, 0.05) is 25.9 Å². The van der Waals surface area contributed by atoms with E-state index in [1.54, 1.807) is 44.3 Å². The number of aliphatic hydroxyl groups is 2. The summed E-state index contributed by atoms with van der Waals surface area (Å²) in [6.45, 7) is 1.81.